The Hall–Kier alpha value is -1.87. The standard InChI is InChI=1S/C13H11F8NO/c1-11(12(16,17)18,13(19,20)21)10(23)22-8(9(14)15)7-5-3-2-4-6-7/h2-6,8-9H,1H3,(H,22,23)/t8-/m1/s1. The average Bonchev–Trinajstić information content (AvgIpc) is 2.41. The fraction of sp³-hybridized carbons (Fsp3) is 0.462. The van der Waals surface area contributed by atoms with Gasteiger partial charge in [0.25, 0.3) is 6.43 Å². The first-order chi connectivity index (χ1) is 10.3. The highest BCUT2D eigenvalue weighted by Crippen LogP contribution is 2.50. The van der Waals surface area contributed by atoms with Gasteiger partial charge in [0.1, 0.15) is 6.04 Å². The van der Waals surface area contributed by atoms with Gasteiger partial charge in [-0.15, -0.1) is 0 Å². The zero-order valence-corrected chi connectivity index (χ0v) is 11.5. The number of hydrogen-bond acceptors (Lipinski definition) is 1. The zero-order chi connectivity index (χ0) is 18.1. The Morgan fingerprint density at radius 3 is 1.74 bits per heavy atom. The van der Waals surface area contributed by atoms with Crippen LogP contribution in [-0.4, -0.2) is 24.7 Å². The van der Waals surface area contributed by atoms with E-state index in [9.17, 15) is 39.9 Å². The first-order valence-electron chi connectivity index (χ1n) is 6.10. The summed E-state index contributed by atoms with van der Waals surface area (Å²) in [6.45, 7) is -0.393. The maximum atomic E-state index is 12.9. The molecule has 0 fully saturated rings. The van der Waals surface area contributed by atoms with Crippen molar-refractivity contribution in [1.82, 2.24) is 5.32 Å². The second-order valence-electron chi connectivity index (χ2n) is 4.82. The minimum atomic E-state index is -6.00. The van der Waals surface area contributed by atoms with Crippen LogP contribution < -0.4 is 5.32 Å². The van der Waals surface area contributed by atoms with Crippen molar-refractivity contribution in [3.05, 3.63) is 35.9 Å². The van der Waals surface area contributed by atoms with Gasteiger partial charge in [0, 0.05) is 0 Å². The van der Waals surface area contributed by atoms with Gasteiger partial charge in [-0.05, 0) is 12.5 Å². The van der Waals surface area contributed by atoms with Crippen LogP contribution in [0.25, 0.3) is 0 Å². The predicted molar refractivity (Wildman–Crippen MR) is 63.5 cm³/mol. The summed E-state index contributed by atoms with van der Waals surface area (Å²) in [6.07, 6.45) is -15.4. The minimum Gasteiger partial charge on any atom is -0.342 e. The Bertz CT molecular complexity index is 523. The van der Waals surface area contributed by atoms with E-state index < -0.39 is 43.1 Å². The monoisotopic (exact) mass is 349 g/mol. The summed E-state index contributed by atoms with van der Waals surface area (Å²) in [5, 5.41) is 1.16. The number of alkyl halides is 8. The van der Waals surface area contributed by atoms with E-state index in [1.165, 1.54) is 18.2 Å². The van der Waals surface area contributed by atoms with Crippen molar-refractivity contribution in [3.63, 3.8) is 0 Å². The lowest BCUT2D eigenvalue weighted by Crippen LogP contribution is -2.58. The molecule has 2 nitrogen and oxygen atoms in total. The number of halogens is 8. The molecule has 0 spiro atoms. The molecule has 130 valence electrons. The van der Waals surface area contributed by atoms with E-state index in [1.807, 2.05) is 0 Å². The minimum absolute atomic E-state index is 0.317. The number of benzene rings is 1. The fourth-order valence-corrected chi connectivity index (χ4v) is 1.66. The van der Waals surface area contributed by atoms with Crippen LogP contribution in [0.15, 0.2) is 30.3 Å². The van der Waals surface area contributed by atoms with Gasteiger partial charge in [-0.2, -0.15) is 26.3 Å². The third-order valence-corrected chi connectivity index (χ3v) is 3.29. The summed E-state index contributed by atoms with van der Waals surface area (Å²) in [6, 6.07) is 3.72. The molecular weight excluding hydrogens is 338 g/mol. The summed E-state index contributed by atoms with van der Waals surface area (Å²) in [5.41, 5.74) is -5.12. The molecule has 1 rings (SSSR count). The van der Waals surface area contributed by atoms with Crippen LogP contribution in [0, 0.1) is 5.41 Å². The van der Waals surface area contributed by atoms with Crippen molar-refractivity contribution in [2.24, 2.45) is 5.41 Å². The molecule has 1 atom stereocenters. The molecule has 0 unspecified atom stereocenters. The van der Waals surface area contributed by atoms with E-state index in [1.54, 1.807) is 0 Å². The average molecular weight is 349 g/mol. The summed E-state index contributed by atoms with van der Waals surface area (Å²) in [4.78, 5) is 11.6. The van der Waals surface area contributed by atoms with Crippen molar-refractivity contribution in [2.75, 3.05) is 0 Å². The van der Waals surface area contributed by atoms with Crippen molar-refractivity contribution in [1.29, 1.82) is 0 Å². The molecule has 1 amide bonds. The van der Waals surface area contributed by atoms with Gasteiger partial charge in [-0.1, -0.05) is 30.3 Å². The van der Waals surface area contributed by atoms with Crippen LogP contribution in [0.1, 0.15) is 18.5 Å². The molecule has 1 N–H and O–H groups in total. The van der Waals surface area contributed by atoms with E-state index in [0.717, 1.165) is 17.4 Å². The number of nitrogens with one attached hydrogen (secondary N) is 1. The third-order valence-electron chi connectivity index (χ3n) is 3.29. The maximum Gasteiger partial charge on any atom is 0.411 e. The number of amides is 1. The second-order valence-corrected chi connectivity index (χ2v) is 4.82. The van der Waals surface area contributed by atoms with Crippen molar-refractivity contribution < 1.29 is 39.9 Å². The lowest BCUT2D eigenvalue weighted by molar-refractivity contribution is -0.319. The molecule has 0 aliphatic rings. The molecule has 0 aliphatic heterocycles. The van der Waals surface area contributed by atoms with Crippen molar-refractivity contribution in [2.45, 2.75) is 31.7 Å². The molecule has 0 bridgehead atoms. The van der Waals surface area contributed by atoms with E-state index in [4.69, 9.17) is 0 Å². The smallest absolute Gasteiger partial charge is 0.342 e. The fourth-order valence-electron chi connectivity index (χ4n) is 1.66. The first-order valence-corrected chi connectivity index (χ1v) is 6.10. The van der Waals surface area contributed by atoms with E-state index in [-0.39, 0.29) is 5.56 Å². The largest absolute Gasteiger partial charge is 0.411 e. The molecule has 0 heterocycles. The molecular formula is C13H11F8NO. The second kappa shape index (κ2) is 6.32. The van der Waals surface area contributed by atoms with Crippen LogP contribution in [0.2, 0.25) is 0 Å². The third kappa shape index (κ3) is 3.73. The summed E-state index contributed by atoms with van der Waals surface area (Å²) < 4.78 is 102. The molecule has 0 aliphatic carbocycles. The molecule has 0 radical (unpaired) electrons. The quantitative estimate of drug-likeness (QED) is 0.810. The number of carbonyl (C=O) groups is 1. The van der Waals surface area contributed by atoms with Gasteiger partial charge in [-0.3, -0.25) is 4.79 Å². The molecule has 1 aromatic carbocycles. The highest BCUT2D eigenvalue weighted by Gasteiger charge is 2.72. The van der Waals surface area contributed by atoms with Crippen LogP contribution >= 0.6 is 0 Å². The van der Waals surface area contributed by atoms with Crippen molar-refractivity contribution in [3.8, 4) is 0 Å². The van der Waals surface area contributed by atoms with Gasteiger partial charge in [-0.25, -0.2) is 8.78 Å². The number of carbonyl (C=O) groups excluding carboxylic acids is 1. The Kier molecular flexibility index (Phi) is 5.27. The summed E-state index contributed by atoms with van der Waals surface area (Å²) in [7, 11) is 0. The van der Waals surface area contributed by atoms with Crippen LogP contribution in [0.5, 0.6) is 0 Å². The van der Waals surface area contributed by atoms with Crippen molar-refractivity contribution >= 4 is 5.91 Å². The van der Waals surface area contributed by atoms with Crippen LogP contribution in [-0.2, 0) is 4.79 Å². The molecule has 10 heteroatoms. The highest BCUT2D eigenvalue weighted by atomic mass is 19.4. The highest BCUT2D eigenvalue weighted by molar-refractivity contribution is 5.84. The van der Waals surface area contributed by atoms with Gasteiger partial charge < -0.3 is 5.32 Å². The van der Waals surface area contributed by atoms with Crippen LogP contribution in [0.4, 0.5) is 35.1 Å². The van der Waals surface area contributed by atoms with Gasteiger partial charge >= 0.3 is 12.4 Å². The first kappa shape index (κ1) is 19.2. The SMILES string of the molecule is CC(C(=O)N[C@H](c1ccccc1)C(F)F)(C(F)(F)F)C(F)(F)F. The molecule has 0 aromatic heterocycles. The molecule has 23 heavy (non-hydrogen) atoms. The lowest BCUT2D eigenvalue weighted by Gasteiger charge is -2.33. The maximum absolute atomic E-state index is 12.9. The Morgan fingerprint density at radius 2 is 1.39 bits per heavy atom. The molecule has 1 aromatic rings. The normalized spacial score (nSPS) is 14.7. The van der Waals surface area contributed by atoms with E-state index in [0.29, 0.717) is 0 Å². The number of rotatable bonds is 4. The summed E-state index contributed by atoms with van der Waals surface area (Å²) >= 11 is 0. The summed E-state index contributed by atoms with van der Waals surface area (Å²) in [5.74, 6) is -2.59. The molecule has 0 saturated carbocycles. The zero-order valence-electron chi connectivity index (χ0n) is 11.5. The number of hydrogen-bond donors (Lipinski definition) is 1. The van der Waals surface area contributed by atoms with Gasteiger partial charge in [0.2, 0.25) is 11.3 Å². The molecule has 0 saturated heterocycles. The van der Waals surface area contributed by atoms with Gasteiger partial charge in [0.05, 0.1) is 0 Å². The lowest BCUT2D eigenvalue weighted by atomic mass is 9.87. The van der Waals surface area contributed by atoms with Crippen LogP contribution in [0.3, 0.4) is 0 Å². The van der Waals surface area contributed by atoms with Gasteiger partial charge in [0.15, 0.2) is 0 Å². The Balaban J connectivity index is 3.20. The predicted octanol–water partition coefficient (Wildman–Crippen LogP) is 4.24. The van der Waals surface area contributed by atoms with E-state index in [2.05, 4.69) is 0 Å². The van der Waals surface area contributed by atoms with E-state index >= 15 is 0 Å². The topological polar surface area (TPSA) is 29.1 Å². The Morgan fingerprint density at radius 1 is 0.957 bits per heavy atom. The Labute approximate surface area is 125 Å².